The second-order valence-electron chi connectivity index (χ2n) is 4.97. The molecule has 0 radical (unpaired) electrons. The first kappa shape index (κ1) is 15.4. The minimum absolute atomic E-state index is 0.0823. The number of Topliss-reactive ketones (excluding diaryl/α,β-unsaturated/α-hetero) is 1. The van der Waals surface area contributed by atoms with Crippen LogP contribution in [0.3, 0.4) is 0 Å². The van der Waals surface area contributed by atoms with E-state index in [0.717, 1.165) is 12.0 Å². The fraction of sp³-hybridized carbons (Fsp3) is 0.500. The van der Waals surface area contributed by atoms with Crippen LogP contribution < -0.4 is 0 Å². The summed E-state index contributed by atoms with van der Waals surface area (Å²) < 4.78 is 0. The van der Waals surface area contributed by atoms with E-state index in [1.807, 2.05) is 50.1 Å². The predicted octanol–water partition coefficient (Wildman–Crippen LogP) is 3.05. The van der Waals surface area contributed by atoms with E-state index >= 15 is 0 Å². The minimum Gasteiger partial charge on any atom is -0.293 e. The van der Waals surface area contributed by atoms with Gasteiger partial charge in [0.2, 0.25) is 0 Å². The maximum Gasteiger partial charge on any atom is 0.179 e. The smallest absolute Gasteiger partial charge is 0.179 e. The van der Waals surface area contributed by atoms with Crippen molar-refractivity contribution in [3.05, 3.63) is 35.4 Å². The average Bonchev–Trinajstić information content (AvgIpc) is 2.45. The molecule has 0 spiro atoms. The maximum absolute atomic E-state index is 12.4. The predicted molar refractivity (Wildman–Crippen MR) is 77.1 cm³/mol. The molecule has 2 unspecified atom stereocenters. The second kappa shape index (κ2) is 7.06. The topological polar surface area (TPSA) is 44.1 Å². The first-order chi connectivity index (χ1) is 9.01. The van der Waals surface area contributed by atoms with Crippen molar-refractivity contribution in [1.29, 1.82) is 5.26 Å². The van der Waals surface area contributed by atoms with Crippen LogP contribution in [0.2, 0.25) is 0 Å². The summed E-state index contributed by atoms with van der Waals surface area (Å²) in [6, 6.07) is 9.79. The van der Waals surface area contributed by atoms with Crippen molar-refractivity contribution in [2.24, 2.45) is 0 Å². The molecule has 19 heavy (non-hydrogen) atoms. The van der Waals surface area contributed by atoms with E-state index in [9.17, 15) is 4.79 Å². The molecule has 0 aromatic heterocycles. The molecule has 102 valence electrons. The fourth-order valence-electron chi connectivity index (χ4n) is 1.99. The largest absolute Gasteiger partial charge is 0.293 e. The summed E-state index contributed by atoms with van der Waals surface area (Å²) in [6.45, 7) is 5.95. The second-order valence-corrected chi connectivity index (χ2v) is 4.97. The molecule has 1 rings (SSSR count). The third kappa shape index (κ3) is 3.90. The molecule has 0 heterocycles. The number of aryl methyl sites for hydroxylation is 1. The lowest BCUT2D eigenvalue weighted by atomic mass is 10.0. The summed E-state index contributed by atoms with van der Waals surface area (Å²) in [5.74, 6) is 0.106. The van der Waals surface area contributed by atoms with Crippen molar-refractivity contribution in [3.8, 4) is 6.07 Å². The molecule has 3 nitrogen and oxygen atoms in total. The Balaban J connectivity index is 2.78. The van der Waals surface area contributed by atoms with Crippen LogP contribution in [0.15, 0.2) is 24.3 Å². The van der Waals surface area contributed by atoms with Gasteiger partial charge < -0.3 is 0 Å². The van der Waals surface area contributed by atoms with Gasteiger partial charge in [-0.15, -0.1) is 0 Å². The van der Waals surface area contributed by atoms with Gasteiger partial charge >= 0.3 is 0 Å². The number of likely N-dealkylation sites (N-methyl/N-ethyl adjacent to an activating group) is 1. The molecule has 3 heteroatoms. The third-order valence-corrected chi connectivity index (χ3v) is 3.72. The van der Waals surface area contributed by atoms with Gasteiger partial charge in [0.05, 0.1) is 18.5 Å². The molecule has 0 saturated heterocycles. The van der Waals surface area contributed by atoms with Gasteiger partial charge in [-0.1, -0.05) is 31.2 Å². The van der Waals surface area contributed by atoms with E-state index < -0.39 is 0 Å². The van der Waals surface area contributed by atoms with Crippen molar-refractivity contribution in [3.63, 3.8) is 0 Å². The Morgan fingerprint density at radius 3 is 2.37 bits per heavy atom. The van der Waals surface area contributed by atoms with Crippen molar-refractivity contribution in [2.45, 2.75) is 45.7 Å². The molecule has 0 bridgehead atoms. The van der Waals surface area contributed by atoms with E-state index in [-0.39, 0.29) is 17.9 Å². The molecule has 0 fully saturated rings. The number of hydrogen-bond acceptors (Lipinski definition) is 3. The molecule has 0 aliphatic carbocycles. The van der Waals surface area contributed by atoms with Gasteiger partial charge in [0.1, 0.15) is 0 Å². The number of carbonyl (C=O) groups is 1. The number of carbonyl (C=O) groups excluding carboxylic acids is 1. The van der Waals surface area contributed by atoms with E-state index in [1.54, 1.807) is 0 Å². The Hall–Kier alpha value is -1.66. The van der Waals surface area contributed by atoms with Crippen LogP contribution in [-0.4, -0.2) is 29.8 Å². The standard InChI is InChI=1S/C16H22N2O/c1-5-14-6-8-15(9-7-14)16(19)13(3)18(4)12(2)10-11-17/h6-9,12-13H,5,10H2,1-4H3. The highest BCUT2D eigenvalue weighted by Crippen LogP contribution is 2.13. The summed E-state index contributed by atoms with van der Waals surface area (Å²) in [4.78, 5) is 14.3. The van der Waals surface area contributed by atoms with Crippen LogP contribution in [0.4, 0.5) is 0 Å². The number of nitrogens with zero attached hydrogens (tertiary/aromatic N) is 2. The Labute approximate surface area is 115 Å². The van der Waals surface area contributed by atoms with Crippen LogP contribution in [0.5, 0.6) is 0 Å². The molecule has 0 amide bonds. The van der Waals surface area contributed by atoms with E-state index in [2.05, 4.69) is 13.0 Å². The zero-order valence-electron chi connectivity index (χ0n) is 12.2. The highest BCUT2D eigenvalue weighted by molar-refractivity contribution is 5.99. The number of nitriles is 1. The lowest BCUT2D eigenvalue weighted by Crippen LogP contribution is -2.41. The van der Waals surface area contributed by atoms with Crippen LogP contribution in [0.1, 0.15) is 43.1 Å². The van der Waals surface area contributed by atoms with Crippen molar-refractivity contribution in [2.75, 3.05) is 7.05 Å². The fourth-order valence-corrected chi connectivity index (χ4v) is 1.99. The van der Waals surface area contributed by atoms with E-state index in [0.29, 0.717) is 6.42 Å². The lowest BCUT2D eigenvalue weighted by molar-refractivity contribution is 0.0828. The van der Waals surface area contributed by atoms with Crippen LogP contribution in [0.25, 0.3) is 0 Å². The van der Waals surface area contributed by atoms with Gasteiger partial charge in [0, 0.05) is 11.6 Å². The number of ketones is 1. The van der Waals surface area contributed by atoms with Crippen molar-refractivity contribution in [1.82, 2.24) is 4.90 Å². The lowest BCUT2D eigenvalue weighted by Gasteiger charge is -2.28. The normalized spacial score (nSPS) is 13.9. The molecule has 1 aromatic carbocycles. The summed E-state index contributed by atoms with van der Waals surface area (Å²) >= 11 is 0. The first-order valence-corrected chi connectivity index (χ1v) is 6.73. The highest BCUT2D eigenvalue weighted by atomic mass is 16.1. The number of rotatable bonds is 6. The maximum atomic E-state index is 12.4. The summed E-state index contributed by atoms with van der Waals surface area (Å²) in [7, 11) is 1.89. The minimum atomic E-state index is -0.212. The van der Waals surface area contributed by atoms with Gasteiger partial charge in [-0.3, -0.25) is 9.69 Å². The van der Waals surface area contributed by atoms with Crippen LogP contribution >= 0.6 is 0 Å². The molecule has 0 N–H and O–H groups in total. The van der Waals surface area contributed by atoms with E-state index in [1.165, 1.54) is 5.56 Å². The van der Waals surface area contributed by atoms with Crippen LogP contribution in [-0.2, 0) is 6.42 Å². The number of benzene rings is 1. The summed E-state index contributed by atoms with van der Waals surface area (Å²) in [5.41, 5.74) is 1.97. The van der Waals surface area contributed by atoms with Gasteiger partial charge in [0.25, 0.3) is 0 Å². The Morgan fingerprint density at radius 2 is 1.89 bits per heavy atom. The zero-order valence-corrected chi connectivity index (χ0v) is 12.2. The Kier molecular flexibility index (Phi) is 5.72. The zero-order chi connectivity index (χ0) is 14.4. The monoisotopic (exact) mass is 258 g/mol. The quantitative estimate of drug-likeness (QED) is 0.737. The Morgan fingerprint density at radius 1 is 1.32 bits per heavy atom. The molecular formula is C16H22N2O. The summed E-state index contributed by atoms with van der Waals surface area (Å²) in [6.07, 6.45) is 1.41. The van der Waals surface area contributed by atoms with Gasteiger partial charge in [0.15, 0.2) is 5.78 Å². The van der Waals surface area contributed by atoms with Crippen LogP contribution in [0, 0.1) is 11.3 Å². The van der Waals surface area contributed by atoms with E-state index in [4.69, 9.17) is 5.26 Å². The molecule has 2 atom stereocenters. The van der Waals surface area contributed by atoms with Crippen molar-refractivity contribution < 1.29 is 4.79 Å². The van der Waals surface area contributed by atoms with Gasteiger partial charge in [-0.25, -0.2) is 0 Å². The SMILES string of the molecule is CCc1ccc(C(=O)C(C)N(C)C(C)CC#N)cc1. The molecule has 0 aliphatic rings. The highest BCUT2D eigenvalue weighted by Gasteiger charge is 2.23. The average molecular weight is 258 g/mol. The van der Waals surface area contributed by atoms with Gasteiger partial charge in [-0.2, -0.15) is 5.26 Å². The summed E-state index contributed by atoms with van der Waals surface area (Å²) in [5, 5.41) is 8.72. The molecule has 1 aromatic rings. The van der Waals surface area contributed by atoms with Gasteiger partial charge in [-0.05, 0) is 32.9 Å². The molecular weight excluding hydrogens is 236 g/mol. The number of hydrogen-bond donors (Lipinski definition) is 0. The third-order valence-electron chi connectivity index (χ3n) is 3.72. The van der Waals surface area contributed by atoms with Crippen molar-refractivity contribution >= 4 is 5.78 Å². The Bertz CT molecular complexity index is 459. The first-order valence-electron chi connectivity index (χ1n) is 6.73. The molecule has 0 aliphatic heterocycles. The molecule has 0 saturated carbocycles.